The Bertz CT molecular complexity index is 807. The van der Waals surface area contributed by atoms with Crippen LogP contribution in [0.4, 0.5) is 5.69 Å². The van der Waals surface area contributed by atoms with Gasteiger partial charge in [-0.1, -0.05) is 12.1 Å². The maximum absolute atomic E-state index is 12.1. The molecule has 0 fully saturated rings. The Morgan fingerprint density at radius 1 is 1.20 bits per heavy atom. The standard InChI is InChI=1S/C18H18N4O3/c1-13-5-2-6-14(11-13)21-18(24)17(23)19-12-15(16-7-3-10-25-16)22-9-4-8-20-22/h2-11,15H,12H2,1H3,(H,19,23)(H,21,24). The molecule has 2 aromatic heterocycles. The normalized spacial score (nSPS) is 11.7. The highest BCUT2D eigenvalue weighted by molar-refractivity contribution is 6.39. The number of rotatable bonds is 5. The lowest BCUT2D eigenvalue weighted by Gasteiger charge is -2.16. The van der Waals surface area contributed by atoms with Crippen LogP contribution in [0.25, 0.3) is 0 Å². The predicted octanol–water partition coefficient (Wildman–Crippen LogP) is 2.13. The number of furan rings is 1. The van der Waals surface area contributed by atoms with E-state index in [4.69, 9.17) is 4.42 Å². The molecule has 2 amide bonds. The molecule has 3 aromatic rings. The second-order valence-electron chi connectivity index (χ2n) is 5.55. The summed E-state index contributed by atoms with van der Waals surface area (Å²) in [6, 6.07) is 12.3. The van der Waals surface area contributed by atoms with Crippen molar-refractivity contribution in [1.82, 2.24) is 15.1 Å². The molecule has 0 aliphatic rings. The van der Waals surface area contributed by atoms with Gasteiger partial charge in [-0.05, 0) is 42.8 Å². The van der Waals surface area contributed by atoms with Gasteiger partial charge in [0.25, 0.3) is 0 Å². The Labute approximate surface area is 144 Å². The summed E-state index contributed by atoms with van der Waals surface area (Å²) < 4.78 is 7.07. The highest BCUT2D eigenvalue weighted by Crippen LogP contribution is 2.17. The smallest absolute Gasteiger partial charge is 0.313 e. The van der Waals surface area contributed by atoms with E-state index < -0.39 is 11.8 Å². The molecule has 3 rings (SSSR count). The maximum Gasteiger partial charge on any atom is 0.313 e. The number of carbonyl (C=O) groups is 2. The molecule has 0 saturated carbocycles. The molecule has 128 valence electrons. The molecule has 7 heteroatoms. The maximum atomic E-state index is 12.1. The van der Waals surface area contributed by atoms with E-state index in [1.807, 2.05) is 19.1 Å². The van der Waals surface area contributed by atoms with Crippen LogP contribution in [0.1, 0.15) is 17.4 Å². The second-order valence-corrected chi connectivity index (χ2v) is 5.55. The predicted molar refractivity (Wildman–Crippen MR) is 91.9 cm³/mol. The van der Waals surface area contributed by atoms with E-state index in [1.54, 1.807) is 53.7 Å². The van der Waals surface area contributed by atoms with Crippen LogP contribution in [0.5, 0.6) is 0 Å². The molecule has 1 unspecified atom stereocenters. The Morgan fingerprint density at radius 2 is 2.08 bits per heavy atom. The zero-order valence-electron chi connectivity index (χ0n) is 13.7. The summed E-state index contributed by atoms with van der Waals surface area (Å²) in [5.41, 5.74) is 1.57. The van der Waals surface area contributed by atoms with Gasteiger partial charge in [0.15, 0.2) is 0 Å². The number of hydrogen-bond donors (Lipinski definition) is 2. The van der Waals surface area contributed by atoms with Gasteiger partial charge in [0.2, 0.25) is 0 Å². The Kier molecular flexibility index (Phi) is 4.94. The van der Waals surface area contributed by atoms with E-state index in [0.717, 1.165) is 5.56 Å². The number of benzene rings is 1. The summed E-state index contributed by atoms with van der Waals surface area (Å²) in [6.45, 7) is 2.09. The lowest BCUT2D eigenvalue weighted by molar-refractivity contribution is -0.136. The van der Waals surface area contributed by atoms with Gasteiger partial charge in [-0.3, -0.25) is 14.3 Å². The van der Waals surface area contributed by atoms with Gasteiger partial charge >= 0.3 is 11.8 Å². The number of carbonyl (C=O) groups excluding carboxylic acids is 2. The molecule has 1 atom stereocenters. The van der Waals surface area contributed by atoms with Crippen LogP contribution in [0.2, 0.25) is 0 Å². The second kappa shape index (κ2) is 7.48. The highest BCUT2D eigenvalue weighted by atomic mass is 16.3. The molecule has 2 heterocycles. The lowest BCUT2D eigenvalue weighted by atomic mass is 10.2. The van der Waals surface area contributed by atoms with Crippen LogP contribution in [0, 0.1) is 6.92 Å². The minimum Gasteiger partial charge on any atom is -0.467 e. The SMILES string of the molecule is Cc1cccc(NC(=O)C(=O)NCC(c2ccco2)n2cccn2)c1. The van der Waals surface area contributed by atoms with Gasteiger partial charge in [0, 0.05) is 24.6 Å². The van der Waals surface area contributed by atoms with Gasteiger partial charge in [-0.2, -0.15) is 5.10 Å². The number of hydrogen-bond acceptors (Lipinski definition) is 4. The quantitative estimate of drug-likeness (QED) is 0.698. The van der Waals surface area contributed by atoms with Crippen molar-refractivity contribution in [3.05, 3.63) is 72.4 Å². The molecular formula is C18H18N4O3. The number of anilines is 1. The topological polar surface area (TPSA) is 89.2 Å². The molecule has 0 radical (unpaired) electrons. The third-order valence-corrected chi connectivity index (χ3v) is 3.65. The summed E-state index contributed by atoms with van der Waals surface area (Å²) in [5.74, 6) is -0.794. The third-order valence-electron chi connectivity index (χ3n) is 3.65. The molecule has 0 spiro atoms. The first-order valence-corrected chi connectivity index (χ1v) is 7.82. The Hall–Kier alpha value is -3.35. The highest BCUT2D eigenvalue weighted by Gasteiger charge is 2.20. The fraction of sp³-hybridized carbons (Fsp3) is 0.167. The first-order valence-electron chi connectivity index (χ1n) is 7.82. The number of nitrogens with one attached hydrogen (secondary N) is 2. The molecule has 0 bridgehead atoms. The largest absolute Gasteiger partial charge is 0.467 e. The molecule has 2 N–H and O–H groups in total. The molecule has 25 heavy (non-hydrogen) atoms. The lowest BCUT2D eigenvalue weighted by Crippen LogP contribution is -2.38. The minimum atomic E-state index is -0.718. The summed E-state index contributed by atoms with van der Waals surface area (Å²) >= 11 is 0. The minimum absolute atomic E-state index is 0.176. The molecule has 0 saturated heterocycles. The Balaban J connectivity index is 1.62. The number of amides is 2. The van der Waals surface area contributed by atoms with Gasteiger partial charge < -0.3 is 15.1 Å². The van der Waals surface area contributed by atoms with Crippen LogP contribution >= 0.6 is 0 Å². The van der Waals surface area contributed by atoms with Crippen molar-refractivity contribution >= 4 is 17.5 Å². The average Bonchev–Trinajstić information content (AvgIpc) is 3.29. The van der Waals surface area contributed by atoms with Crippen molar-refractivity contribution in [2.45, 2.75) is 13.0 Å². The number of nitrogens with zero attached hydrogens (tertiary/aromatic N) is 2. The molecule has 0 aliphatic heterocycles. The van der Waals surface area contributed by atoms with Crippen molar-refractivity contribution in [3.8, 4) is 0 Å². The molecule has 0 aliphatic carbocycles. The summed E-state index contributed by atoms with van der Waals surface area (Å²) in [7, 11) is 0. The van der Waals surface area contributed by atoms with Gasteiger partial charge in [0.1, 0.15) is 11.8 Å². The van der Waals surface area contributed by atoms with E-state index in [1.165, 1.54) is 0 Å². The third kappa shape index (κ3) is 4.14. The van der Waals surface area contributed by atoms with Crippen LogP contribution < -0.4 is 10.6 Å². The van der Waals surface area contributed by atoms with E-state index in [-0.39, 0.29) is 12.6 Å². The van der Waals surface area contributed by atoms with Crippen LogP contribution in [-0.2, 0) is 9.59 Å². The summed E-state index contributed by atoms with van der Waals surface area (Å²) in [5, 5.41) is 9.38. The fourth-order valence-corrected chi connectivity index (χ4v) is 2.45. The van der Waals surface area contributed by atoms with Gasteiger partial charge in [-0.25, -0.2) is 0 Å². The van der Waals surface area contributed by atoms with Crippen LogP contribution in [-0.4, -0.2) is 28.1 Å². The average molecular weight is 338 g/mol. The zero-order valence-corrected chi connectivity index (χ0v) is 13.7. The zero-order chi connectivity index (χ0) is 17.6. The van der Waals surface area contributed by atoms with E-state index >= 15 is 0 Å². The molecule has 1 aromatic carbocycles. The fourth-order valence-electron chi connectivity index (χ4n) is 2.45. The van der Waals surface area contributed by atoms with Crippen molar-refractivity contribution < 1.29 is 14.0 Å². The Morgan fingerprint density at radius 3 is 2.76 bits per heavy atom. The van der Waals surface area contributed by atoms with Crippen LogP contribution in [0.3, 0.4) is 0 Å². The first-order chi connectivity index (χ1) is 12.1. The van der Waals surface area contributed by atoms with Crippen molar-refractivity contribution in [2.24, 2.45) is 0 Å². The van der Waals surface area contributed by atoms with E-state index in [9.17, 15) is 9.59 Å². The molecule has 7 nitrogen and oxygen atoms in total. The van der Waals surface area contributed by atoms with Gasteiger partial charge in [0.05, 0.1) is 6.26 Å². The summed E-state index contributed by atoms with van der Waals surface area (Å²) in [4.78, 5) is 24.1. The monoisotopic (exact) mass is 338 g/mol. The number of aryl methyl sites for hydroxylation is 1. The summed E-state index contributed by atoms with van der Waals surface area (Å²) in [6.07, 6.45) is 4.96. The number of aromatic nitrogens is 2. The van der Waals surface area contributed by atoms with Crippen molar-refractivity contribution in [3.63, 3.8) is 0 Å². The van der Waals surface area contributed by atoms with Gasteiger partial charge in [-0.15, -0.1) is 0 Å². The van der Waals surface area contributed by atoms with Crippen molar-refractivity contribution in [2.75, 3.05) is 11.9 Å². The van der Waals surface area contributed by atoms with E-state index in [0.29, 0.717) is 11.4 Å². The van der Waals surface area contributed by atoms with E-state index in [2.05, 4.69) is 15.7 Å². The van der Waals surface area contributed by atoms with Crippen molar-refractivity contribution in [1.29, 1.82) is 0 Å². The molecular weight excluding hydrogens is 320 g/mol. The van der Waals surface area contributed by atoms with Crippen LogP contribution in [0.15, 0.2) is 65.5 Å². The first kappa shape index (κ1) is 16.5.